The number of esters is 1. The molecule has 2 atom stereocenters. The summed E-state index contributed by atoms with van der Waals surface area (Å²) >= 11 is 1.74. The maximum atomic E-state index is 13.8. The number of rotatable bonds is 7. The SMILES string of the molecule is CCSCCOC(=O)C1=C(C)NC2=C(C(=O)C[C@H](c3ccccc3)C2)[C@@H]1c1cccc2ccccc12. The maximum Gasteiger partial charge on any atom is 0.336 e. The quantitative estimate of drug-likeness (QED) is 0.298. The Balaban J connectivity index is 1.60. The summed E-state index contributed by atoms with van der Waals surface area (Å²) in [6, 6.07) is 24.5. The normalized spacial score (nSPS) is 19.8. The minimum absolute atomic E-state index is 0.0925. The molecule has 5 rings (SSSR count). The summed E-state index contributed by atoms with van der Waals surface area (Å²) in [7, 11) is 0. The molecule has 0 saturated carbocycles. The van der Waals surface area contributed by atoms with Gasteiger partial charge < -0.3 is 10.1 Å². The zero-order chi connectivity index (χ0) is 25.1. The highest BCUT2D eigenvalue weighted by Crippen LogP contribution is 2.47. The molecule has 36 heavy (non-hydrogen) atoms. The Morgan fingerprint density at radius 2 is 1.75 bits per heavy atom. The second-order valence-corrected chi connectivity index (χ2v) is 10.7. The Labute approximate surface area is 216 Å². The van der Waals surface area contributed by atoms with Crippen molar-refractivity contribution in [3.63, 3.8) is 0 Å². The van der Waals surface area contributed by atoms with Crippen LogP contribution in [0.1, 0.15) is 49.7 Å². The fourth-order valence-electron chi connectivity index (χ4n) is 5.50. The average Bonchev–Trinajstić information content (AvgIpc) is 2.90. The number of ketones is 1. The fraction of sp³-hybridized carbons (Fsp3) is 0.290. The van der Waals surface area contributed by atoms with Gasteiger partial charge in [0.15, 0.2) is 5.78 Å². The predicted molar refractivity (Wildman–Crippen MR) is 147 cm³/mol. The number of Topliss-reactive ketones (excluding diaryl/α,β-unsaturated/α-hetero) is 1. The molecule has 0 spiro atoms. The Kier molecular flexibility index (Phi) is 7.28. The third-order valence-electron chi connectivity index (χ3n) is 7.12. The number of fused-ring (bicyclic) bond motifs is 1. The second-order valence-electron chi connectivity index (χ2n) is 9.33. The molecule has 1 aliphatic heterocycles. The number of ether oxygens (including phenoxy) is 1. The molecule has 4 nitrogen and oxygen atoms in total. The standard InChI is InChI=1S/C31H31NO3S/c1-3-36-17-16-35-31(34)28-20(2)32-26-18-23(21-10-5-4-6-11-21)19-27(33)30(26)29(28)25-15-9-13-22-12-7-8-14-24(22)25/h4-15,23,29,32H,3,16-19H2,1-2H3/t23-,29-/m1/s1. The highest BCUT2D eigenvalue weighted by Gasteiger charge is 2.41. The van der Waals surface area contributed by atoms with Crippen LogP contribution >= 0.6 is 11.8 Å². The smallest absolute Gasteiger partial charge is 0.336 e. The van der Waals surface area contributed by atoms with Crippen LogP contribution in [0.5, 0.6) is 0 Å². The summed E-state index contributed by atoms with van der Waals surface area (Å²) in [6.45, 7) is 4.37. The Bertz CT molecular complexity index is 1350. The van der Waals surface area contributed by atoms with E-state index in [4.69, 9.17) is 4.74 Å². The number of hydrogen-bond acceptors (Lipinski definition) is 5. The fourth-order valence-corrected chi connectivity index (χ4v) is 5.99. The Morgan fingerprint density at radius 1 is 1.00 bits per heavy atom. The molecule has 0 radical (unpaired) electrons. The Morgan fingerprint density at radius 3 is 2.56 bits per heavy atom. The van der Waals surface area contributed by atoms with E-state index in [0.717, 1.165) is 45.7 Å². The van der Waals surface area contributed by atoms with Crippen LogP contribution < -0.4 is 5.32 Å². The first kappa shape index (κ1) is 24.4. The van der Waals surface area contributed by atoms with Crippen molar-refractivity contribution >= 4 is 34.3 Å². The zero-order valence-electron chi connectivity index (χ0n) is 20.8. The van der Waals surface area contributed by atoms with Crippen molar-refractivity contribution in [3.05, 3.63) is 106 Å². The van der Waals surface area contributed by atoms with Crippen LogP contribution in [0.15, 0.2) is 95.3 Å². The van der Waals surface area contributed by atoms with Crippen LogP contribution in [0.25, 0.3) is 10.8 Å². The van der Waals surface area contributed by atoms with E-state index in [1.54, 1.807) is 11.8 Å². The van der Waals surface area contributed by atoms with Gasteiger partial charge in [-0.25, -0.2) is 4.79 Å². The van der Waals surface area contributed by atoms with Gasteiger partial charge in [-0.05, 0) is 46.9 Å². The van der Waals surface area contributed by atoms with Gasteiger partial charge in [-0.3, -0.25) is 4.79 Å². The summed E-state index contributed by atoms with van der Waals surface area (Å²) in [5.74, 6) is 1.14. The van der Waals surface area contributed by atoms with Crippen molar-refractivity contribution in [2.45, 2.75) is 38.5 Å². The van der Waals surface area contributed by atoms with E-state index in [9.17, 15) is 9.59 Å². The van der Waals surface area contributed by atoms with Crippen molar-refractivity contribution < 1.29 is 14.3 Å². The molecule has 0 unspecified atom stereocenters. The van der Waals surface area contributed by atoms with Crippen LogP contribution in [0.4, 0.5) is 0 Å². The van der Waals surface area contributed by atoms with Gasteiger partial charge in [0.25, 0.3) is 0 Å². The van der Waals surface area contributed by atoms with E-state index < -0.39 is 5.92 Å². The van der Waals surface area contributed by atoms with Crippen LogP contribution in [-0.4, -0.2) is 29.9 Å². The lowest BCUT2D eigenvalue weighted by Gasteiger charge is -2.37. The molecule has 3 aromatic rings. The lowest BCUT2D eigenvalue weighted by molar-refractivity contribution is -0.138. The number of allylic oxidation sites excluding steroid dienone is 3. The third kappa shape index (κ3) is 4.72. The number of carbonyl (C=O) groups is 2. The van der Waals surface area contributed by atoms with Crippen LogP contribution in [0.3, 0.4) is 0 Å². The monoisotopic (exact) mass is 497 g/mol. The van der Waals surface area contributed by atoms with Gasteiger partial charge in [-0.15, -0.1) is 0 Å². The van der Waals surface area contributed by atoms with Crippen molar-refractivity contribution in [3.8, 4) is 0 Å². The van der Waals surface area contributed by atoms with Gasteiger partial charge in [0.05, 0.1) is 5.57 Å². The van der Waals surface area contributed by atoms with Gasteiger partial charge in [0.1, 0.15) is 6.61 Å². The summed E-state index contributed by atoms with van der Waals surface area (Å²) < 4.78 is 5.73. The molecule has 0 saturated heterocycles. The first-order chi connectivity index (χ1) is 17.6. The lowest BCUT2D eigenvalue weighted by atomic mass is 9.71. The van der Waals surface area contributed by atoms with E-state index in [0.29, 0.717) is 24.2 Å². The predicted octanol–water partition coefficient (Wildman–Crippen LogP) is 6.50. The first-order valence-corrected chi connectivity index (χ1v) is 13.8. The second kappa shape index (κ2) is 10.8. The highest BCUT2D eigenvalue weighted by molar-refractivity contribution is 7.99. The number of carbonyl (C=O) groups excluding carboxylic acids is 2. The van der Waals surface area contributed by atoms with Crippen LogP contribution in [0.2, 0.25) is 0 Å². The van der Waals surface area contributed by atoms with E-state index in [1.165, 1.54) is 5.56 Å². The molecular weight excluding hydrogens is 466 g/mol. The molecule has 0 bridgehead atoms. The molecule has 184 valence electrons. The molecule has 1 N–H and O–H groups in total. The van der Waals surface area contributed by atoms with E-state index in [-0.39, 0.29) is 17.7 Å². The van der Waals surface area contributed by atoms with Gasteiger partial charge in [-0.1, -0.05) is 79.7 Å². The number of hydrogen-bond donors (Lipinski definition) is 1. The van der Waals surface area contributed by atoms with Crippen molar-refractivity contribution in [2.75, 3.05) is 18.1 Å². The summed E-state index contributed by atoms with van der Waals surface area (Å²) in [4.78, 5) is 27.3. The molecule has 0 fully saturated rings. The summed E-state index contributed by atoms with van der Waals surface area (Å²) in [5, 5.41) is 5.60. The average molecular weight is 498 g/mol. The molecule has 2 aliphatic rings. The molecule has 1 heterocycles. The molecular formula is C31H31NO3S. The van der Waals surface area contributed by atoms with Crippen LogP contribution in [-0.2, 0) is 14.3 Å². The number of benzene rings is 3. The first-order valence-electron chi connectivity index (χ1n) is 12.6. The minimum Gasteiger partial charge on any atom is -0.461 e. The van der Waals surface area contributed by atoms with Gasteiger partial charge in [-0.2, -0.15) is 11.8 Å². The van der Waals surface area contributed by atoms with E-state index in [2.05, 4.69) is 42.6 Å². The largest absolute Gasteiger partial charge is 0.461 e. The van der Waals surface area contributed by atoms with E-state index >= 15 is 0 Å². The molecule has 1 aliphatic carbocycles. The lowest BCUT2D eigenvalue weighted by Crippen LogP contribution is -2.36. The van der Waals surface area contributed by atoms with Gasteiger partial charge in [0, 0.05) is 35.1 Å². The molecule has 5 heteroatoms. The van der Waals surface area contributed by atoms with Crippen molar-refractivity contribution in [1.82, 2.24) is 5.32 Å². The maximum absolute atomic E-state index is 13.8. The van der Waals surface area contributed by atoms with Gasteiger partial charge in [0.2, 0.25) is 0 Å². The van der Waals surface area contributed by atoms with Crippen molar-refractivity contribution in [1.29, 1.82) is 0 Å². The number of dihydropyridines is 1. The van der Waals surface area contributed by atoms with Crippen molar-refractivity contribution in [2.24, 2.45) is 0 Å². The topological polar surface area (TPSA) is 55.4 Å². The van der Waals surface area contributed by atoms with Gasteiger partial charge >= 0.3 is 5.97 Å². The molecule has 0 aromatic heterocycles. The molecule has 0 amide bonds. The summed E-state index contributed by atoms with van der Waals surface area (Å²) in [5.41, 5.74) is 5.08. The minimum atomic E-state index is -0.456. The zero-order valence-corrected chi connectivity index (χ0v) is 21.6. The third-order valence-corrected chi connectivity index (χ3v) is 7.98. The highest BCUT2D eigenvalue weighted by atomic mass is 32.2. The number of nitrogens with one attached hydrogen (secondary N) is 1. The van der Waals surface area contributed by atoms with Crippen LogP contribution in [0, 0.1) is 0 Å². The number of thioether (sulfide) groups is 1. The van der Waals surface area contributed by atoms with E-state index in [1.807, 2.05) is 49.4 Å². The summed E-state index contributed by atoms with van der Waals surface area (Å²) in [6.07, 6.45) is 1.17. The Hall–Kier alpha value is -3.31. The molecule has 3 aromatic carbocycles.